The molecule has 0 amide bonds. The summed E-state index contributed by atoms with van der Waals surface area (Å²) in [5.74, 6) is -1.19. The fourth-order valence-corrected chi connectivity index (χ4v) is 2.30. The van der Waals surface area contributed by atoms with Gasteiger partial charge in [0.2, 0.25) is 0 Å². The smallest absolute Gasteiger partial charge is 0.326 e. The van der Waals surface area contributed by atoms with Crippen LogP contribution >= 0.6 is 0 Å². The van der Waals surface area contributed by atoms with Gasteiger partial charge in [0.05, 0.1) is 13.0 Å². The molecule has 116 valence electrons. The summed E-state index contributed by atoms with van der Waals surface area (Å²) in [6.45, 7) is 6.17. The maximum atomic E-state index is 11.5. The summed E-state index contributed by atoms with van der Waals surface area (Å²) < 4.78 is 4.92. The van der Waals surface area contributed by atoms with Crippen LogP contribution in [0.4, 0.5) is 5.69 Å². The predicted molar refractivity (Wildman–Crippen MR) is 81.5 cm³/mol. The molecular weight excluding hydrogens is 270 g/mol. The molecular formula is C16H23NO4. The molecule has 1 rings (SSSR count). The van der Waals surface area contributed by atoms with E-state index in [1.165, 1.54) is 0 Å². The van der Waals surface area contributed by atoms with Gasteiger partial charge in [-0.2, -0.15) is 0 Å². The number of anilines is 1. The van der Waals surface area contributed by atoms with Crippen LogP contribution in [0.2, 0.25) is 0 Å². The molecule has 0 bridgehead atoms. The number of aryl methyl sites for hydroxylation is 1. The van der Waals surface area contributed by atoms with E-state index in [1.807, 2.05) is 38.1 Å². The van der Waals surface area contributed by atoms with E-state index < -0.39 is 12.0 Å². The highest BCUT2D eigenvalue weighted by Gasteiger charge is 2.25. The molecule has 1 aromatic rings. The summed E-state index contributed by atoms with van der Waals surface area (Å²) in [4.78, 5) is 24.8. The van der Waals surface area contributed by atoms with Crippen molar-refractivity contribution in [3.8, 4) is 0 Å². The Labute approximate surface area is 125 Å². The van der Waals surface area contributed by atoms with Gasteiger partial charge >= 0.3 is 11.9 Å². The van der Waals surface area contributed by atoms with Crippen molar-refractivity contribution in [3.63, 3.8) is 0 Å². The van der Waals surface area contributed by atoms with Gasteiger partial charge in [-0.15, -0.1) is 0 Å². The molecule has 5 heteroatoms. The molecule has 0 radical (unpaired) electrons. The monoisotopic (exact) mass is 293 g/mol. The predicted octanol–water partition coefficient (Wildman–Crippen LogP) is 2.62. The van der Waals surface area contributed by atoms with Crippen LogP contribution in [0.1, 0.15) is 32.3 Å². The van der Waals surface area contributed by atoms with Crippen molar-refractivity contribution >= 4 is 17.6 Å². The molecule has 0 aliphatic rings. The lowest BCUT2D eigenvalue weighted by Gasteiger charge is -2.31. The minimum atomic E-state index is -0.885. The lowest BCUT2D eigenvalue weighted by atomic mass is 10.1. The third-order valence-corrected chi connectivity index (χ3v) is 3.34. The topological polar surface area (TPSA) is 66.8 Å². The van der Waals surface area contributed by atoms with Gasteiger partial charge in [-0.25, -0.2) is 4.79 Å². The van der Waals surface area contributed by atoms with Crippen molar-refractivity contribution in [1.82, 2.24) is 0 Å². The fourth-order valence-electron chi connectivity index (χ4n) is 2.30. The molecule has 0 fully saturated rings. The minimum absolute atomic E-state index is 0.173. The Morgan fingerprint density at radius 3 is 2.48 bits per heavy atom. The van der Waals surface area contributed by atoms with Crippen LogP contribution in [0.25, 0.3) is 0 Å². The highest BCUT2D eigenvalue weighted by atomic mass is 16.5. The minimum Gasteiger partial charge on any atom is -0.480 e. The Hall–Kier alpha value is -2.04. The number of hydrogen-bond acceptors (Lipinski definition) is 4. The number of carbonyl (C=O) groups is 2. The number of hydrogen-bond donors (Lipinski definition) is 1. The Morgan fingerprint density at radius 2 is 1.95 bits per heavy atom. The average Bonchev–Trinajstić information content (AvgIpc) is 2.44. The number of aliphatic carboxylic acids is 1. The van der Waals surface area contributed by atoms with Gasteiger partial charge in [0, 0.05) is 12.2 Å². The Morgan fingerprint density at radius 1 is 1.29 bits per heavy atom. The molecule has 0 aromatic heterocycles. The van der Waals surface area contributed by atoms with E-state index in [-0.39, 0.29) is 12.4 Å². The maximum absolute atomic E-state index is 11.5. The van der Waals surface area contributed by atoms with Crippen molar-refractivity contribution in [2.45, 2.75) is 39.7 Å². The molecule has 1 aromatic carbocycles. The molecule has 0 saturated heterocycles. The van der Waals surface area contributed by atoms with Crippen LogP contribution in [-0.4, -0.2) is 36.2 Å². The molecule has 1 atom stereocenters. The first-order chi connectivity index (χ1) is 10.0. The van der Waals surface area contributed by atoms with E-state index >= 15 is 0 Å². The normalized spacial score (nSPS) is 11.8. The number of benzene rings is 1. The van der Waals surface area contributed by atoms with Crippen molar-refractivity contribution in [3.05, 3.63) is 29.8 Å². The molecule has 1 N–H and O–H groups in total. The average molecular weight is 293 g/mol. The lowest BCUT2D eigenvalue weighted by molar-refractivity contribution is -0.143. The second-order valence-corrected chi connectivity index (χ2v) is 4.80. The SMILES string of the molecule is CCOC(=O)CCN(c1ccccc1C)C(CC)C(=O)O. The van der Waals surface area contributed by atoms with Crippen LogP contribution in [0, 0.1) is 6.92 Å². The molecule has 0 saturated carbocycles. The van der Waals surface area contributed by atoms with E-state index in [9.17, 15) is 14.7 Å². The van der Waals surface area contributed by atoms with Gasteiger partial charge in [0.25, 0.3) is 0 Å². The lowest BCUT2D eigenvalue weighted by Crippen LogP contribution is -2.42. The Bertz CT molecular complexity index is 487. The van der Waals surface area contributed by atoms with Gasteiger partial charge in [0.1, 0.15) is 6.04 Å². The third kappa shape index (κ3) is 4.77. The summed E-state index contributed by atoms with van der Waals surface area (Å²) in [7, 11) is 0. The molecule has 1 unspecified atom stereocenters. The van der Waals surface area contributed by atoms with Crippen LogP contribution in [0.5, 0.6) is 0 Å². The molecule has 0 spiro atoms. The van der Waals surface area contributed by atoms with Crippen LogP contribution in [-0.2, 0) is 14.3 Å². The fraction of sp³-hybridized carbons (Fsp3) is 0.500. The number of carboxylic acid groups (broad SMARTS) is 1. The van der Waals surface area contributed by atoms with E-state index in [2.05, 4.69) is 0 Å². The largest absolute Gasteiger partial charge is 0.480 e. The first-order valence-electron chi connectivity index (χ1n) is 7.21. The van der Waals surface area contributed by atoms with Gasteiger partial charge in [0.15, 0.2) is 0 Å². The van der Waals surface area contributed by atoms with Crippen molar-refractivity contribution in [2.75, 3.05) is 18.1 Å². The number of nitrogens with zero attached hydrogens (tertiary/aromatic N) is 1. The number of para-hydroxylation sites is 1. The Kier molecular flexibility index (Phi) is 6.72. The first kappa shape index (κ1) is 17.0. The van der Waals surface area contributed by atoms with E-state index in [4.69, 9.17) is 4.74 Å². The molecule has 21 heavy (non-hydrogen) atoms. The van der Waals surface area contributed by atoms with Crippen LogP contribution in [0.15, 0.2) is 24.3 Å². The number of ether oxygens (including phenoxy) is 1. The van der Waals surface area contributed by atoms with Crippen molar-refractivity contribution < 1.29 is 19.4 Å². The molecule has 0 heterocycles. The van der Waals surface area contributed by atoms with E-state index in [0.717, 1.165) is 11.3 Å². The number of esters is 1. The summed E-state index contributed by atoms with van der Waals surface area (Å²) in [5.41, 5.74) is 1.83. The van der Waals surface area contributed by atoms with E-state index in [0.29, 0.717) is 19.6 Å². The van der Waals surface area contributed by atoms with Gasteiger partial charge < -0.3 is 14.7 Å². The third-order valence-electron chi connectivity index (χ3n) is 3.34. The zero-order valence-electron chi connectivity index (χ0n) is 12.8. The van der Waals surface area contributed by atoms with Gasteiger partial charge in [-0.3, -0.25) is 4.79 Å². The quantitative estimate of drug-likeness (QED) is 0.746. The van der Waals surface area contributed by atoms with Gasteiger partial charge in [-0.1, -0.05) is 25.1 Å². The number of carbonyl (C=O) groups excluding carboxylic acids is 1. The van der Waals surface area contributed by atoms with Crippen molar-refractivity contribution in [2.24, 2.45) is 0 Å². The number of carboxylic acids is 1. The molecule has 0 aliphatic heterocycles. The zero-order valence-corrected chi connectivity index (χ0v) is 12.8. The maximum Gasteiger partial charge on any atom is 0.326 e. The highest BCUT2D eigenvalue weighted by Crippen LogP contribution is 2.23. The van der Waals surface area contributed by atoms with Crippen LogP contribution in [0.3, 0.4) is 0 Å². The standard InChI is InChI=1S/C16H23NO4/c1-4-13(16(19)20)17(11-10-15(18)21-5-2)14-9-7-6-8-12(14)3/h6-9,13H,4-5,10-11H2,1-3H3,(H,19,20). The molecule has 0 aliphatic carbocycles. The van der Waals surface area contributed by atoms with Gasteiger partial charge in [-0.05, 0) is 31.9 Å². The number of rotatable bonds is 8. The second-order valence-electron chi connectivity index (χ2n) is 4.80. The van der Waals surface area contributed by atoms with E-state index in [1.54, 1.807) is 11.8 Å². The van der Waals surface area contributed by atoms with Crippen molar-refractivity contribution in [1.29, 1.82) is 0 Å². The summed E-state index contributed by atoms with van der Waals surface area (Å²) in [5, 5.41) is 9.41. The zero-order chi connectivity index (χ0) is 15.8. The highest BCUT2D eigenvalue weighted by molar-refractivity contribution is 5.79. The first-order valence-corrected chi connectivity index (χ1v) is 7.21. The van der Waals surface area contributed by atoms with Crippen LogP contribution < -0.4 is 4.90 Å². The summed E-state index contributed by atoms with van der Waals surface area (Å²) in [6.07, 6.45) is 0.637. The summed E-state index contributed by atoms with van der Waals surface area (Å²) >= 11 is 0. The Balaban J connectivity index is 2.97. The summed E-state index contributed by atoms with van der Waals surface area (Å²) in [6, 6.07) is 6.94. The molecule has 5 nitrogen and oxygen atoms in total. The second kappa shape index (κ2) is 8.29.